The Kier molecular flexibility index (Phi) is 14.1. The number of fused-ring (bicyclic) bond motifs is 3. The number of aromatic nitrogens is 1. The average molecular weight is 630 g/mol. The Labute approximate surface area is 259 Å². The minimum atomic E-state index is -1.49. The Morgan fingerprint density at radius 1 is 0.667 bits per heavy atom. The molecule has 0 spiro atoms. The fraction of sp³-hybridized carbons (Fsp3) is 0.500. The van der Waals surface area contributed by atoms with Gasteiger partial charge in [0.25, 0.3) is 17.0 Å². The number of unbranched alkanes of at least 4 members (excludes halogenated alkanes) is 6. The number of hydrazine groups is 2. The van der Waals surface area contributed by atoms with Gasteiger partial charge >= 0.3 is 5.97 Å². The van der Waals surface area contributed by atoms with Gasteiger partial charge in [0.2, 0.25) is 0 Å². The van der Waals surface area contributed by atoms with Gasteiger partial charge in [-0.25, -0.2) is 15.6 Å². The number of nitrogens with one attached hydrogen (secondary N) is 7. The molecule has 0 radical (unpaired) electrons. The topological polar surface area (TPSA) is 249 Å². The van der Waals surface area contributed by atoms with Crippen molar-refractivity contribution in [3.8, 4) is 0 Å². The summed E-state index contributed by atoms with van der Waals surface area (Å²) in [7, 11) is 0. The van der Waals surface area contributed by atoms with Crippen molar-refractivity contribution in [2.45, 2.75) is 57.8 Å². The molecule has 15 heteroatoms. The molecule has 0 aliphatic heterocycles. The van der Waals surface area contributed by atoms with Crippen LogP contribution < -0.4 is 38.1 Å². The molecule has 0 saturated heterocycles. The number of hydrogen-bond acceptors (Lipinski definition) is 11. The summed E-state index contributed by atoms with van der Waals surface area (Å²) in [6.07, 6.45) is 5.62. The average Bonchev–Trinajstić information content (AvgIpc) is 3.22. The molecule has 2 aromatic heterocycles. The zero-order valence-corrected chi connectivity index (χ0v) is 25.2. The molecular formula is C30H43N7O8. The number of anilines is 1. The van der Waals surface area contributed by atoms with Crippen LogP contribution >= 0.6 is 0 Å². The van der Waals surface area contributed by atoms with Gasteiger partial charge in [0.05, 0.1) is 22.4 Å². The molecule has 45 heavy (non-hydrogen) atoms. The van der Waals surface area contributed by atoms with E-state index >= 15 is 0 Å². The Morgan fingerprint density at radius 2 is 1.16 bits per heavy atom. The third-order valence-electron chi connectivity index (χ3n) is 7.33. The minimum Gasteiger partial charge on any atom is -0.478 e. The van der Waals surface area contributed by atoms with Crippen LogP contribution in [0.15, 0.2) is 21.7 Å². The van der Waals surface area contributed by atoms with Crippen LogP contribution in [0.2, 0.25) is 0 Å². The standard InChI is InChI=1S/C30H43N7O8/c31-26(36-33-13-5-2-8-16-39)23-21-19-11-10-18(27(41)35-28(19)42)20(21)22(29(43)37-34-14-6-3-9-17-40)24(30(44)45)25(23)32-12-4-1-7-15-38/h10-11,32-34,38-40H,1-9,12-17H2,(H2,31,36)(H,37,43)(H,44,45)(H,35,41,42). The van der Waals surface area contributed by atoms with E-state index in [9.17, 15) is 24.3 Å². The predicted octanol–water partition coefficient (Wildman–Crippen LogP) is 0.731. The van der Waals surface area contributed by atoms with Gasteiger partial charge in [0.15, 0.2) is 0 Å². The lowest BCUT2D eigenvalue weighted by Gasteiger charge is -2.23. The van der Waals surface area contributed by atoms with E-state index in [1.807, 2.05) is 0 Å². The molecule has 0 saturated carbocycles. The molecule has 4 rings (SSSR count). The lowest BCUT2D eigenvalue weighted by atomic mass is 9.88. The Morgan fingerprint density at radius 3 is 1.67 bits per heavy atom. The van der Waals surface area contributed by atoms with E-state index < -0.39 is 28.6 Å². The first kappa shape index (κ1) is 35.3. The predicted molar refractivity (Wildman–Crippen MR) is 171 cm³/mol. The number of aliphatic hydroxyl groups is 3. The highest BCUT2D eigenvalue weighted by Gasteiger charge is 2.32. The van der Waals surface area contributed by atoms with Gasteiger partial charge in [-0.1, -0.05) is 0 Å². The maximum Gasteiger partial charge on any atom is 0.338 e. The molecule has 4 aromatic rings. The van der Waals surface area contributed by atoms with Crippen LogP contribution in [0.25, 0.3) is 21.5 Å². The second-order valence-electron chi connectivity index (χ2n) is 10.6. The molecular weight excluding hydrogens is 586 g/mol. The summed E-state index contributed by atoms with van der Waals surface area (Å²) in [5.41, 5.74) is 8.46. The van der Waals surface area contributed by atoms with E-state index in [2.05, 4.69) is 32.0 Å². The van der Waals surface area contributed by atoms with Crippen molar-refractivity contribution >= 4 is 44.9 Å². The van der Waals surface area contributed by atoms with Gasteiger partial charge < -0.3 is 31.2 Å². The Balaban J connectivity index is 2.24. The summed E-state index contributed by atoms with van der Waals surface area (Å²) < 4.78 is 0. The number of carbonyl (C=O) groups is 2. The quantitative estimate of drug-likeness (QED) is 0.0338. The van der Waals surface area contributed by atoms with Crippen LogP contribution in [0.5, 0.6) is 0 Å². The Bertz CT molecular complexity index is 1580. The molecule has 0 fully saturated rings. The lowest BCUT2D eigenvalue weighted by Crippen LogP contribution is -2.40. The number of aromatic amines is 1. The van der Waals surface area contributed by atoms with Gasteiger partial charge in [-0.15, -0.1) is 0 Å². The van der Waals surface area contributed by atoms with Crippen molar-refractivity contribution in [2.75, 3.05) is 44.8 Å². The third-order valence-corrected chi connectivity index (χ3v) is 7.33. The van der Waals surface area contributed by atoms with Gasteiger partial charge in [0, 0.05) is 61.0 Å². The van der Waals surface area contributed by atoms with Crippen LogP contribution in [0.3, 0.4) is 0 Å². The van der Waals surface area contributed by atoms with Crippen LogP contribution in [0, 0.1) is 5.41 Å². The zero-order valence-electron chi connectivity index (χ0n) is 25.2. The molecule has 1 amide bonds. The maximum absolute atomic E-state index is 13.8. The normalized spacial score (nSPS) is 11.3. The van der Waals surface area contributed by atoms with Crippen molar-refractivity contribution in [3.05, 3.63) is 49.5 Å². The number of aromatic carboxylic acids is 1. The van der Waals surface area contributed by atoms with Crippen LogP contribution in [0.4, 0.5) is 5.69 Å². The first-order chi connectivity index (χ1) is 21.8. The molecule has 15 nitrogen and oxygen atoms in total. The number of H-pyrrole nitrogens is 1. The highest BCUT2D eigenvalue weighted by atomic mass is 16.4. The monoisotopic (exact) mass is 629 g/mol. The second-order valence-corrected chi connectivity index (χ2v) is 10.6. The number of rotatable bonds is 21. The number of amides is 1. The summed E-state index contributed by atoms with van der Waals surface area (Å²) in [5, 5.41) is 49.6. The molecule has 0 aliphatic rings. The van der Waals surface area contributed by atoms with E-state index in [1.54, 1.807) is 0 Å². The van der Waals surface area contributed by atoms with Gasteiger partial charge in [0.1, 0.15) is 5.84 Å². The molecule has 2 heterocycles. The zero-order chi connectivity index (χ0) is 32.8. The summed E-state index contributed by atoms with van der Waals surface area (Å²) in [6.45, 7) is 1.06. The van der Waals surface area contributed by atoms with Crippen LogP contribution in [-0.2, 0) is 0 Å². The van der Waals surface area contributed by atoms with E-state index in [1.165, 1.54) is 12.1 Å². The number of hydrogen-bond donors (Lipinski definition) is 11. The van der Waals surface area contributed by atoms with Crippen LogP contribution in [0.1, 0.15) is 84.1 Å². The van der Waals surface area contributed by atoms with Crippen molar-refractivity contribution in [2.24, 2.45) is 0 Å². The van der Waals surface area contributed by atoms with E-state index in [0.717, 1.165) is 6.42 Å². The first-order valence-corrected chi connectivity index (χ1v) is 15.2. The number of aliphatic hydroxyl groups excluding tert-OH is 3. The maximum atomic E-state index is 13.8. The van der Waals surface area contributed by atoms with Crippen LogP contribution in [-0.4, -0.2) is 82.6 Å². The van der Waals surface area contributed by atoms with Gasteiger partial charge in [-0.05, 0) is 69.9 Å². The molecule has 11 N–H and O–H groups in total. The summed E-state index contributed by atoms with van der Waals surface area (Å²) >= 11 is 0. The fourth-order valence-electron chi connectivity index (χ4n) is 5.16. The van der Waals surface area contributed by atoms with Gasteiger partial charge in [-0.3, -0.25) is 30.2 Å². The molecule has 2 aromatic carbocycles. The number of carboxylic acid groups (broad SMARTS) is 1. The SMILES string of the molecule is N=C(NNCCCCCO)c1c(NCCCCCO)c(C(=O)O)c(C(=O)NNCCCCCO)c2c3ccc(c(=O)[nH]c3=O)c12. The van der Waals surface area contributed by atoms with Crippen molar-refractivity contribution in [3.63, 3.8) is 0 Å². The summed E-state index contributed by atoms with van der Waals surface area (Å²) in [6, 6.07) is 2.76. The van der Waals surface area contributed by atoms with Crippen molar-refractivity contribution in [1.29, 1.82) is 5.41 Å². The molecule has 246 valence electrons. The smallest absolute Gasteiger partial charge is 0.338 e. The lowest BCUT2D eigenvalue weighted by molar-refractivity contribution is 0.0692. The Hall–Kier alpha value is -4.15. The number of carbonyl (C=O) groups excluding carboxylic acids is 1. The highest BCUT2D eigenvalue weighted by molar-refractivity contribution is 6.30. The van der Waals surface area contributed by atoms with Crippen molar-refractivity contribution < 1.29 is 30.0 Å². The van der Waals surface area contributed by atoms with E-state index in [-0.39, 0.29) is 70.6 Å². The summed E-state index contributed by atoms with van der Waals surface area (Å²) in [5.74, 6) is -2.63. The molecule has 2 bridgehead atoms. The highest BCUT2D eigenvalue weighted by Crippen LogP contribution is 2.38. The largest absolute Gasteiger partial charge is 0.478 e. The number of amidine groups is 1. The number of carboxylic acids is 1. The van der Waals surface area contributed by atoms with E-state index in [0.29, 0.717) is 64.5 Å². The molecule has 0 atom stereocenters. The van der Waals surface area contributed by atoms with E-state index in [4.69, 9.17) is 20.7 Å². The van der Waals surface area contributed by atoms with Gasteiger partial charge in [-0.2, -0.15) is 0 Å². The third kappa shape index (κ3) is 8.95. The second kappa shape index (κ2) is 18.0. The minimum absolute atomic E-state index is 0.00721. The molecule has 0 unspecified atom stereocenters. The fourth-order valence-corrected chi connectivity index (χ4v) is 5.16. The van der Waals surface area contributed by atoms with Crippen molar-refractivity contribution in [1.82, 2.24) is 26.7 Å². The first-order valence-electron chi connectivity index (χ1n) is 15.2. The number of benzene rings is 2. The summed E-state index contributed by atoms with van der Waals surface area (Å²) in [4.78, 5) is 55.3. The molecule has 0 aliphatic carbocycles.